The number of hydrogen-bond acceptors (Lipinski definition) is 6. The molecule has 3 aliphatic heterocycles. The van der Waals surface area contributed by atoms with Gasteiger partial charge >= 0.3 is 0 Å². The van der Waals surface area contributed by atoms with Gasteiger partial charge in [-0.25, -0.2) is 18.0 Å². The highest BCUT2D eigenvalue weighted by molar-refractivity contribution is 7.85. The number of rotatable bonds is 9. The minimum absolute atomic E-state index is 0.296. The SMILES string of the molecule is CC(C)CCC[N+]1=c2cc3c(cc2CC1)=Nc1cc2c(cc1O3)N(CCCCS(=O)(=O)[O-])CC2. The molecule has 3 heterocycles. The Morgan fingerprint density at radius 3 is 2.74 bits per heavy atom. The molecule has 0 aromatic heterocycles. The van der Waals surface area contributed by atoms with Gasteiger partial charge in [0.2, 0.25) is 5.36 Å². The first-order valence-corrected chi connectivity index (χ1v) is 14.0. The summed E-state index contributed by atoms with van der Waals surface area (Å²) in [4.78, 5) is 7.19. The minimum atomic E-state index is -4.14. The van der Waals surface area contributed by atoms with Crippen molar-refractivity contribution in [3.05, 3.63) is 46.1 Å². The average Bonchev–Trinajstić information content (AvgIpc) is 3.34. The third-order valence-electron chi connectivity index (χ3n) is 7.05. The fraction of sp³-hybridized carbons (Fsp3) is 0.538. The summed E-state index contributed by atoms with van der Waals surface area (Å²) < 4.78 is 41.4. The third-order valence-corrected chi connectivity index (χ3v) is 7.84. The highest BCUT2D eigenvalue weighted by atomic mass is 32.2. The van der Waals surface area contributed by atoms with Crippen LogP contribution in [0.15, 0.2) is 29.3 Å². The molecule has 0 N–H and O–H groups in total. The van der Waals surface area contributed by atoms with E-state index in [1.165, 1.54) is 29.3 Å². The van der Waals surface area contributed by atoms with Crippen LogP contribution in [0.1, 0.15) is 50.7 Å². The maximum Gasteiger partial charge on any atom is 0.207 e. The second-order valence-corrected chi connectivity index (χ2v) is 11.6. The molecule has 3 aliphatic rings. The molecule has 0 spiro atoms. The van der Waals surface area contributed by atoms with E-state index < -0.39 is 10.1 Å². The van der Waals surface area contributed by atoms with Crippen LogP contribution in [0.2, 0.25) is 0 Å². The Morgan fingerprint density at radius 2 is 1.94 bits per heavy atom. The topological polar surface area (TPSA) is 85.0 Å². The average molecular weight is 484 g/mol. The maximum atomic E-state index is 10.9. The largest absolute Gasteiger partial charge is 0.748 e. The smallest absolute Gasteiger partial charge is 0.207 e. The summed E-state index contributed by atoms with van der Waals surface area (Å²) in [6.45, 7) is 8.29. The molecule has 0 saturated carbocycles. The van der Waals surface area contributed by atoms with E-state index in [2.05, 4.69) is 47.6 Å². The highest BCUT2D eigenvalue weighted by Crippen LogP contribution is 2.41. The van der Waals surface area contributed by atoms with Gasteiger partial charge in [0.1, 0.15) is 24.1 Å². The summed E-state index contributed by atoms with van der Waals surface area (Å²) in [7, 11) is -4.14. The Balaban J connectivity index is 1.36. The fourth-order valence-electron chi connectivity index (χ4n) is 5.27. The fourth-order valence-corrected chi connectivity index (χ4v) is 5.82. The van der Waals surface area contributed by atoms with Crippen LogP contribution in [-0.2, 0) is 23.0 Å². The molecule has 0 bridgehead atoms. The van der Waals surface area contributed by atoms with Crippen molar-refractivity contribution in [3.8, 4) is 11.5 Å². The minimum Gasteiger partial charge on any atom is -0.748 e. The first-order valence-electron chi connectivity index (χ1n) is 12.4. The zero-order valence-corrected chi connectivity index (χ0v) is 20.9. The Kier molecular flexibility index (Phi) is 6.37. The molecule has 5 rings (SSSR count). The van der Waals surface area contributed by atoms with E-state index in [-0.39, 0.29) is 5.75 Å². The van der Waals surface area contributed by atoms with Crippen LogP contribution in [0.3, 0.4) is 0 Å². The molecule has 0 saturated heterocycles. The van der Waals surface area contributed by atoms with Crippen molar-refractivity contribution in [2.75, 3.05) is 36.8 Å². The number of ether oxygens (including phenoxy) is 1. The number of unbranched alkanes of at least 4 members (excludes halogenated alkanes) is 1. The molecule has 8 heteroatoms. The predicted octanol–water partition coefficient (Wildman–Crippen LogP) is 2.91. The van der Waals surface area contributed by atoms with Crippen molar-refractivity contribution in [2.45, 2.75) is 52.4 Å². The van der Waals surface area contributed by atoms with Crippen molar-refractivity contribution in [2.24, 2.45) is 10.9 Å². The monoisotopic (exact) mass is 483 g/mol. The standard InChI is InChI=1S/C26H33N3O4S/c1-18(2)6-5-10-29-12-8-20-15-22-26(17-24(20)29)33-25-16-23-19(14-21(25)27-22)7-11-28(23)9-3-4-13-34(30,31)32/h14-18H,3-13H2,1-2H3. The van der Waals surface area contributed by atoms with Crippen LogP contribution in [0.5, 0.6) is 11.5 Å². The Morgan fingerprint density at radius 1 is 1.09 bits per heavy atom. The van der Waals surface area contributed by atoms with Gasteiger partial charge in [0, 0.05) is 49.0 Å². The lowest BCUT2D eigenvalue weighted by molar-refractivity contribution is 0.460. The molecule has 0 atom stereocenters. The zero-order chi connectivity index (χ0) is 23.9. The predicted molar refractivity (Wildman–Crippen MR) is 132 cm³/mol. The zero-order valence-electron chi connectivity index (χ0n) is 20.0. The lowest BCUT2D eigenvalue weighted by Crippen LogP contribution is -2.29. The van der Waals surface area contributed by atoms with E-state index in [1.54, 1.807) is 0 Å². The van der Waals surface area contributed by atoms with E-state index >= 15 is 0 Å². The molecule has 182 valence electrons. The number of benzene rings is 2. The summed E-state index contributed by atoms with van der Waals surface area (Å²) >= 11 is 0. The van der Waals surface area contributed by atoms with Crippen molar-refractivity contribution in [1.29, 1.82) is 0 Å². The van der Waals surface area contributed by atoms with Gasteiger partial charge in [-0.15, -0.1) is 0 Å². The molecule has 2 aromatic rings. The van der Waals surface area contributed by atoms with Crippen molar-refractivity contribution >= 4 is 21.5 Å². The van der Waals surface area contributed by atoms with Crippen molar-refractivity contribution in [3.63, 3.8) is 0 Å². The Bertz CT molecular complexity index is 1330. The van der Waals surface area contributed by atoms with Crippen LogP contribution in [0.25, 0.3) is 0 Å². The van der Waals surface area contributed by atoms with E-state index in [9.17, 15) is 13.0 Å². The lowest BCUT2D eigenvalue weighted by Gasteiger charge is -2.21. The molecule has 34 heavy (non-hydrogen) atoms. The van der Waals surface area contributed by atoms with Gasteiger partial charge in [-0.1, -0.05) is 13.8 Å². The Hall–Kier alpha value is -2.45. The quantitative estimate of drug-likeness (QED) is 0.265. The van der Waals surface area contributed by atoms with Crippen LogP contribution in [-0.4, -0.2) is 44.9 Å². The van der Waals surface area contributed by atoms with Crippen molar-refractivity contribution in [1.82, 2.24) is 4.58 Å². The summed E-state index contributed by atoms with van der Waals surface area (Å²) in [6, 6.07) is 8.55. The number of anilines is 1. The first kappa shape index (κ1) is 23.3. The molecule has 0 amide bonds. The molecular weight excluding hydrogens is 450 g/mol. The van der Waals surface area contributed by atoms with E-state index in [1.807, 2.05) is 0 Å². The molecule has 7 nitrogen and oxygen atoms in total. The number of fused-ring (bicyclic) bond motifs is 4. The molecule has 2 aromatic carbocycles. The van der Waals surface area contributed by atoms with Gasteiger partial charge < -0.3 is 14.2 Å². The summed E-state index contributed by atoms with van der Waals surface area (Å²) in [5.41, 5.74) is 4.59. The summed E-state index contributed by atoms with van der Waals surface area (Å²) in [6.07, 6.45) is 5.49. The van der Waals surface area contributed by atoms with Gasteiger partial charge in [0.05, 0.1) is 16.2 Å². The molecule has 0 aliphatic carbocycles. The van der Waals surface area contributed by atoms with Crippen molar-refractivity contribution < 1.29 is 17.7 Å². The molecule has 0 unspecified atom stereocenters. The second-order valence-electron chi connectivity index (χ2n) is 10.1. The van der Waals surface area contributed by atoms with Gasteiger partial charge in [-0.3, -0.25) is 0 Å². The normalized spacial score (nSPS) is 16.1. The van der Waals surface area contributed by atoms with Gasteiger partial charge in [0.15, 0.2) is 11.5 Å². The molecular formula is C26H33N3O4S. The number of nitrogens with zero attached hydrogens (tertiary/aromatic N) is 3. The van der Waals surface area contributed by atoms with Gasteiger partial charge in [-0.2, -0.15) is 0 Å². The second kappa shape index (κ2) is 9.30. The third kappa shape index (κ3) is 4.98. The van der Waals surface area contributed by atoms with E-state index in [4.69, 9.17) is 9.73 Å². The number of hydrogen-bond donors (Lipinski definition) is 0. The first-order chi connectivity index (χ1) is 16.3. The van der Waals surface area contributed by atoms with Gasteiger partial charge in [-0.05, 0) is 49.3 Å². The van der Waals surface area contributed by atoms with E-state index in [0.717, 1.165) is 73.2 Å². The molecule has 0 fully saturated rings. The maximum absolute atomic E-state index is 10.9. The van der Waals surface area contributed by atoms with Crippen LogP contribution in [0, 0.1) is 5.92 Å². The van der Waals surface area contributed by atoms with Gasteiger partial charge in [0.25, 0.3) is 0 Å². The molecule has 0 radical (unpaired) electrons. The lowest BCUT2D eigenvalue weighted by atomic mass is 10.1. The highest BCUT2D eigenvalue weighted by Gasteiger charge is 2.26. The Labute approximate surface area is 201 Å². The van der Waals surface area contributed by atoms with Crippen LogP contribution < -0.4 is 24.9 Å². The summed E-state index contributed by atoms with van der Waals surface area (Å²) in [5.74, 6) is 2.01. The van der Waals surface area contributed by atoms with E-state index in [0.29, 0.717) is 12.8 Å². The van der Waals surface area contributed by atoms with Crippen LogP contribution in [0.4, 0.5) is 11.4 Å². The van der Waals surface area contributed by atoms with Crippen LogP contribution >= 0.6 is 0 Å². The summed E-state index contributed by atoms with van der Waals surface area (Å²) in [5, 5.41) is 2.18.